The van der Waals surface area contributed by atoms with Gasteiger partial charge in [-0.15, -0.1) is 0 Å². The average molecular weight is 599 g/mol. The summed E-state index contributed by atoms with van der Waals surface area (Å²) in [6, 6.07) is 24.7. The maximum Gasteiger partial charge on any atom is 0.408 e. The Morgan fingerprint density at radius 3 is 2.32 bits per heavy atom. The van der Waals surface area contributed by atoms with Gasteiger partial charge in [-0.2, -0.15) is 4.98 Å². The largest absolute Gasteiger partial charge is 0.493 e. The smallest absolute Gasteiger partial charge is 0.408 e. The highest BCUT2D eigenvalue weighted by atomic mass is 16.5. The number of ether oxygens (including phenoxy) is 2. The van der Waals surface area contributed by atoms with Gasteiger partial charge in [0.2, 0.25) is 17.5 Å². The number of aromatic nitrogens is 2. The molecule has 4 rings (SSSR count). The fourth-order valence-electron chi connectivity index (χ4n) is 4.75. The number of nitrogens with two attached hydrogens (primary N) is 1. The molecule has 3 N–H and O–H groups in total. The van der Waals surface area contributed by atoms with Crippen LogP contribution in [0.1, 0.15) is 78.8 Å². The molecule has 0 saturated carbocycles. The minimum atomic E-state index is -0.866. The van der Waals surface area contributed by atoms with E-state index in [1.54, 1.807) is 0 Å². The molecule has 1 heterocycles. The Labute approximate surface area is 259 Å². The Bertz CT molecular complexity index is 1480. The van der Waals surface area contributed by atoms with Gasteiger partial charge in [-0.1, -0.05) is 98.7 Å². The highest BCUT2D eigenvalue weighted by Crippen LogP contribution is 2.33. The molecule has 0 aliphatic rings. The summed E-state index contributed by atoms with van der Waals surface area (Å²) in [5, 5.41) is 6.62. The van der Waals surface area contributed by atoms with Crippen LogP contribution in [-0.4, -0.2) is 41.2 Å². The van der Waals surface area contributed by atoms with Crippen molar-refractivity contribution in [1.82, 2.24) is 15.5 Å². The van der Waals surface area contributed by atoms with Crippen molar-refractivity contribution < 1.29 is 23.6 Å². The van der Waals surface area contributed by atoms with Gasteiger partial charge in [0.05, 0.1) is 19.1 Å². The number of Topliss-reactive ketones (excluding diaryl/α,β-unsaturated/α-hetero) is 1. The quantitative estimate of drug-likeness (QED) is 0.122. The van der Waals surface area contributed by atoms with Crippen LogP contribution in [0.2, 0.25) is 0 Å². The SMILES string of the molecule is CC(C)(C)c1cc(Cc2nc(C(=O)C(CCCCN)NC(=O)OCc3ccccc3)no2)ccc1OCCc1ccccc1. The molecule has 0 aliphatic heterocycles. The van der Waals surface area contributed by atoms with E-state index in [1.807, 2.05) is 60.7 Å². The third-order valence-electron chi connectivity index (χ3n) is 7.16. The van der Waals surface area contributed by atoms with Crippen LogP contribution in [0.4, 0.5) is 4.79 Å². The van der Waals surface area contributed by atoms with Gasteiger partial charge >= 0.3 is 6.09 Å². The van der Waals surface area contributed by atoms with E-state index >= 15 is 0 Å². The fourth-order valence-corrected chi connectivity index (χ4v) is 4.75. The van der Waals surface area contributed by atoms with E-state index in [0.717, 1.165) is 28.9 Å². The first kappa shape index (κ1) is 32.4. The van der Waals surface area contributed by atoms with Crippen LogP contribution in [0.3, 0.4) is 0 Å². The van der Waals surface area contributed by atoms with E-state index < -0.39 is 17.9 Å². The first-order chi connectivity index (χ1) is 21.2. The van der Waals surface area contributed by atoms with Gasteiger partial charge in [-0.05, 0) is 59.5 Å². The second-order valence-corrected chi connectivity index (χ2v) is 11.8. The maximum atomic E-state index is 13.3. The van der Waals surface area contributed by atoms with Crippen LogP contribution >= 0.6 is 0 Å². The van der Waals surface area contributed by atoms with Crippen LogP contribution in [0, 0.1) is 0 Å². The molecule has 1 aromatic heterocycles. The molecular formula is C35H42N4O5. The van der Waals surface area contributed by atoms with Gasteiger partial charge in [0.25, 0.3) is 0 Å². The molecule has 1 atom stereocenters. The van der Waals surface area contributed by atoms with Crippen molar-refractivity contribution in [1.29, 1.82) is 0 Å². The lowest BCUT2D eigenvalue weighted by molar-refractivity contribution is 0.0896. The Hall–Kier alpha value is -4.50. The van der Waals surface area contributed by atoms with Crippen LogP contribution in [0.5, 0.6) is 5.75 Å². The fraction of sp³-hybridized carbons (Fsp3) is 0.371. The van der Waals surface area contributed by atoms with Crippen molar-refractivity contribution >= 4 is 11.9 Å². The average Bonchev–Trinajstić information content (AvgIpc) is 3.49. The number of nitrogens with one attached hydrogen (secondary N) is 1. The summed E-state index contributed by atoms with van der Waals surface area (Å²) in [6.07, 6.45) is 2.21. The van der Waals surface area contributed by atoms with Crippen LogP contribution in [0.15, 0.2) is 83.4 Å². The van der Waals surface area contributed by atoms with Crippen molar-refractivity contribution in [2.45, 2.75) is 70.9 Å². The Kier molecular flexibility index (Phi) is 11.7. The monoisotopic (exact) mass is 598 g/mol. The van der Waals surface area contributed by atoms with Crippen LogP contribution < -0.4 is 15.8 Å². The molecular weight excluding hydrogens is 556 g/mol. The molecule has 0 saturated heterocycles. The topological polar surface area (TPSA) is 130 Å². The highest BCUT2D eigenvalue weighted by molar-refractivity contribution is 5.98. The number of nitrogens with zero attached hydrogens (tertiary/aromatic N) is 2. The van der Waals surface area contributed by atoms with E-state index in [1.165, 1.54) is 5.56 Å². The lowest BCUT2D eigenvalue weighted by Crippen LogP contribution is -2.41. The number of amides is 1. The van der Waals surface area contributed by atoms with Gasteiger partial charge in [0, 0.05) is 6.42 Å². The Morgan fingerprint density at radius 1 is 0.932 bits per heavy atom. The van der Waals surface area contributed by atoms with Gasteiger partial charge < -0.3 is 25.0 Å². The van der Waals surface area contributed by atoms with Gasteiger partial charge in [-0.25, -0.2) is 4.79 Å². The summed E-state index contributed by atoms with van der Waals surface area (Å²) < 4.78 is 17.0. The Balaban J connectivity index is 1.40. The van der Waals surface area contributed by atoms with E-state index in [2.05, 4.69) is 54.4 Å². The summed E-state index contributed by atoms with van der Waals surface area (Å²) in [4.78, 5) is 30.3. The minimum Gasteiger partial charge on any atom is -0.493 e. The van der Waals surface area contributed by atoms with Crippen LogP contribution in [-0.2, 0) is 29.6 Å². The second kappa shape index (κ2) is 15.8. The zero-order valence-electron chi connectivity index (χ0n) is 25.8. The number of carbonyl (C=O) groups excluding carboxylic acids is 2. The predicted molar refractivity (Wildman–Crippen MR) is 169 cm³/mol. The zero-order chi connectivity index (χ0) is 31.4. The molecule has 0 spiro atoms. The van der Waals surface area contributed by atoms with E-state index in [4.69, 9.17) is 19.7 Å². The van der Waals surface area contributed by atoms with Gasteiger partial charge in [0.15, 0.2) is 0 Å². The molecule has 0 fully saturated rings. The van der Waals surface area contributed by atoms with Crippen LogP contribution in [0.25, 0.3) is 0 Å². The predicted octanol–water partition coefficient (Wildman–Crippen LogP) is 6.19. The summed E-state index contributed by atoms with van der Waals surface area (Å²) in [7, 11) is 0. The molecule has 1 unspecified atom stereocenters. The number of carbonyl (C=O) groups is 2. The van der Waals surface area contributed by atoms with Crippen molar-refractivity contribution in [3.8, 4) is 5.75 Å². The maximum absolute atomic E-state index is 13.3. The standard InChI is InChI=1S/C35H42N4O5/c1-35(2,3)28-22-27(17-18-30(28)42-21-19-25-12-6-4-7-13-25)23-31-38-33(39-44-31)32(40)29(16-10-11-20-36)37-34(41)43-24-26-14-8-5-9-15-26/h4-9,12-15,17-18,22,29H,10-11,16,19-21,23-24,36H2,1-3H3,(H,37,41). The third kappa shape index (κ3) is 9.77. The summed E-state index contributed by atoms with van der Waals surface area (Å²) in [5.74, 6) is 0.617. The molecule has 0 aliphatic carbocycles. The molecule has 0 bridgehead atoms. The second-order valence-electron chi connectivity index (χ2n) is 11.8. The molecule has 9 heteroatoms. The zero-order valence-corrected chi connectivity index (χ0v) is 25.8. The number of benzene rings is 3. The summed E-state index contributed by atoms with van der Waals surface area (Å²) in [5.41, 5.74) is 9.57. The first-order valence-electron chi connectivity index (χ1n) is 15.1. The summed E-state index contributed by atoms with van der Waals surface area (Å²) >= 11 is 0. The lowest BCUT2D eigenvalue weighted by atomic mass is 9.85. The van der Waals surface area contributed by atoms with Crippen molar-refractivity contribution in [2.75, 3.05) is 13.2 Å². The molecule has 0 radical (unpaired) electrons. The molecule has 44 heavy (non-hydrogen) atoms. The van der Waals surface area contributed by atoms with Gasteiger partial charge in [0.1, 0.15) is 12.4 Å². The van der Waals surface area contributed by atoms with E-state index in [-0.39, 0.29) is 17.8 Å². The molecule has 3 aromatic carbocycles. The molecule has 4 aromatic rings. The van der Waals surface area contributed by atoms with Crippen molar-refractivity contribution in [2.24, 2.45) is 5.73 Å². The summed E-state index contributed by atoms with van der Waals surface area (Å²) in [6.45, 7) is 7.57. The number of hydrogen-bond acceptors (Lipinski definition) is 8. The van der Waals surface area contributed by atoms with E-state index in [9.17, 15) is 9.59 Å². The number of ketones is 1. The van der Waals surface area contributed by atoms with E-state index in [0.29, 0.717) is 44.7 Å². The lowest BCUT2D eigenvalue weighted by Gasteiger charge is -2.23. The number of alkyl carbamates (subject to hydrolysis) is 1. The number of hydrogen-bond donors (Lipinski definition) is 2. The first-order valence-corrected chi connectivity index (χ1v) is 15.1. The number of unbranched alkanes of at least 4 members (excludes halogenated alkanes) is 1. The minimum absolute atomic E-state index is 0.0852. The molecule has 9 nitrogen and oxygen atoms in total. The highest BCUT2D eigenvalue weighted by Gasteiger charge is 2.27. The van der Waals surface area contributed by atoms with Crippen molar-refractivity contribution in [3.05, 3.63) is 113 Å². The number of rotatable bonds is 15. The van der Waals surface area contributed by atoms with Crippen molar-refractivity contribution in [3.63, 3.8) is 0 Å². The molecule has 1 amide bonds. The Morgan fingerprint density at radius 2 is 1.64 bits per heavy atom. The molecule has 232 valence electrons. The normalized spacial score (nSPS) is 12.0. The van der Waals surface area contributed by atoms with Gasteiger partial charge in [-0.3, -0.25) is 4.79 Å². The third-order valence-corrected chi connectivity index (χ3v) is 7.16.